The van der Waals surface area contributed by atoms with E-state index in [1.807, 2.05) is 31.2 Å². The van der Waals surface area contributed by atoms with E-state index in [4.69, 9.17) is 25.8 Å². The molecule has 6 nitrogen and oxygen atoms in total. The summed E-state index contributed by atoms with van der Waals surface area (Å²) in [6.07, 6.45) is 1.53. The van der Waals surface area contributed by atoms with Crippen molar-refractivity contribution in [3.8, 4) is 17.2 Å². The van der Waals surface area contributed by atoms with Crippen LogP contribution in [0.5, 0.6) is 17.2 Å². The highest BCUT2D eigenvalue weighted by atomic mass is 35.5. The number of rotatable bonds is 9. The maximum Gasteiger partial charge on any atom is 0.275 e. The van der Waals surface area contributed by atoms with Crippen LogP contribution in [0, 0.1) is 0 Å². The van der Waals surface area contributed by atoms with Gasteiger partial charge in [0.2, 0.25) is 0 Å². The molecule has 0 radical (unpaired) electrons. The molecule has 0 aliphatic carbocycles. The molecule has 0 heterocycles. The van der Waals surface area contributed by atoms with E-state index in [0.29, 0.717) is 34.4 Å². The van der Waals surface area contributed by atoms with Crippen molar-refractivity contribution in [3.05, 3.63) is 88.4 Å². The van der Waals surface area contributed by atoms with Crippen LogP contribution in [-0.4, -0.2) is 25.8 Å². The molecule has 0 fully saturated rings. The van der Waals surface area contributed by atoms with Crippen molar-refractivity contribution >= 4 is 23.7 Å². The number of halogens is 1. The molecular weight excluding hydrogens is 416 g/mol. The minimum absolute atomic E-state index is 0.249. The number of para-hydroxylation sites is 1. The number of hydrogen-bond acceptors (Lipinski definition) is 5. The number of carbonyl (C=O) groups is 1. The molecular formula is C24H23ClN2O4. The quantitative estimate of drug-likeness (QED) is 0.373. The SMILES string of the molecule is CCOc1cc(/C=N/NC(=O)c2ccccc2OCc2ccccc2Cl)ccc1OC. The number of methoxy groups -OCH3 is 1. The lowest BCUT2D eigenvalue weighted by Crippen LogP contribution is -2.18. The fourth-order valence-electron chi connectivity index (χ4n) is 2.82. The van der Waals surface area contributed by atoms with Gasteiger partial charge in [-0.15, -0.1) is 0 Å². The standard InChI is InChI=1S/C24H23ClN2O4/c1-3-30-23-14-17(12-13-22(23)29-2)15-26-27-24(28)19-9-5-7-11-21(19)31-16-18-8-4-6-10-20(18)25/h4-15H,3,16H2,1-2H3,(H,27,28)/b26-15+. The number of amides is 1. The molecule has 1 amide bonds. The summed E-state index contributed by atoms with van der Waals surface area (Å²) in [7, 11) is 1.58. The minimum Gasteiger partial charge on any atom is -0.493 e. The van der Waals surface area contributed by atoms with Crippen LogP contribution in [0.2, 0.25) is 5.02 Å². The van der Waals surface area contributed by atoms with Crippen LogP contribution in [0.25, 0.3) is 0 Å². The molecule has 0 spiro atoms. The molecule has 31 heavy (non-hydrogen) atoms. The molecule has 7 heteroatoms. The average molecular weight is 439 g/mol. The molecule has 0 saturated carbocycles. The number of ether oxygens (including phenoxy) is 3. The highest BCUT2D eigenvalue weighted by Gasteiger charge is 2.12. The zero-order chi connectivity index (χ0) is 22.1. The molecule has 0 aromatic heterocycles. The third-order valence-corrected chi connectivity index (χ3v) is 4.71. The maximum absolute atomic E-state index is 12.6. The second-order valence-electron chi connectivity index (χ2n) is 6.42. The summed E-state index contributed by atoms with van der Waals surface area (Å²) < 4.78 is 16.7. The van der Waals surface area contributed by atoms with Crippen molar-refractivity contribution < 1.29 is 19.0 Å². The van der Waals surface area contributed by atoms with E-state index in [9.17, 15) is 4.79 Å². The second kappa shape index (κ2) is 11.0. The number of hydrazone groups is 1. The molecule has 0 aliphatic rings. The van der Waals surface area contributed by atoms with Crippen LogP contribution < -0.4 is 19.6 Å². The Morgan fingerprint density at radius 2 is 1.77 bits per heavy atom. The van der Waals surface area contributed by atoms with Crippen LogP contribution in [0.1, 0.15) is 28.4 Å². The normalized spacial score (nSPS) is 10.7. The van der Waals surface area contributed by atoms with Crippen LogP contribution in [0.4, 0.5) is 0 Å². The first-order valence-electron chi connectivity index (χ1n) is 9.71. The Morgan fingerprint density at radius 1 is 1.00 bits per heavy atom. The van der Waals surface area contributed by atoms with Gasteiger partial charge < -0.3 is 14.2 Å². The first kappa shape index (κ1) is 22.2. The van der Waals surface area contributed by atoms with E-state index >= 15 is 0 Å². The van der Waals surface area contributed by atoms with Crippen molar-refractivity contribution in [2.24, 2.45) is 5.10 Å². The predicted molar refractivity (Wildman–Crippen MR) is 121 cm³/mol. The highest BCUT2D eigenvalue weighted by Crippen LogP contribution is 2.27. The average Bonchev–Trinajstić information content (AvgIpc) is 2.79. The van der Waals surface area contributed by atoms with Crippen LogP contribution in [0.15, 0.2) is 71.8 Å². The lowest BCUT2D eigenvalue weighted by atomic mass is 10.2. The van der Waals surface area contributed by atoms with E-state index < -0.39 is 0 Å². The van der Waals surface area contributed by atoms with Crippen molar-refractivity contribution in [2.75, 3.05) is 13.7 Å². The first-order chi connectivity index (χ1) is 15.1. The molecule has 160 valence electrons. The van der Waals surface area contributed by atoms with E-state index in [1.165, 1.54) is 6.21 Å². The van der Waals surface area contributed by atoms with Crippen molar-refractivity contribution in [1.82, 2.24) is 5.43 Å². The maximum atomic E-state index is 12.6. The third kappa shape index (κ3) is 5.99. The topological polar surface area (TPSA) is 69.2 Å². The van der Waals surface area contributed by atoms with Gasteiger partial charge in [0, 0.05) is 10.6 Å². The van der Waals surface area contributed by atoms with Gasteiger partial charge in [-0.05, 0) is 48.9 Å². The van der Waals surface area contributed by atoms with Crippen molar-refractivity contribution in [3.63, 3.8) is 0 Å². The molecule has 3 rings (SSSR count). The molecule has 0 saturated heterocycles. The Labute approximate surface area is 186 Å². The second-order valence-corrected chi connectivity index (χ2v) is 6.83. The van der Waals surface area contributed by atoms with Crippen LogP contribution >= 0.6 is 11.6 Å². The molecule has 0 aliphatic heterocycles. The number of benzene rings is 3. The van der Waals surface area contributed by atoms with E-state index in [-0.39, 0.29) is 12.5 Å². The first-order valence-corrected chi connectivity index (χ1v) is 10.1. The van der Waals surface area contributed by atoms with Crippen molar-refractivity contribution in [1.29, 1.82) is 0 Å². The number of hydrogen-bond donors (Lipinski definition) is 1. The molecule has 3 aromatic rings. The summed E-state index contributed by atoms with van der Waals surface area (Å²) in [5.41, 5.74) is 4.49. The van der Waals surface area contributed by atoms with Gasteiger partial charge in [-0.2, -0.15) is 5.10 Å². The van der Waals surface area contributed by atoms with Gasteiger partial charge in [0.1, 0.15) is 12.4 Å². The third-order valence-electron chi connectivity index (χ3n) is 4.34. The number of nitrogens with one attached hydrogen (secondary N) is 1. The van der Waals surface area contributed by atoms with E-state index in [2.05, 4.69) is 10.5 Å². The van der Waals surface area contributed by atoms with Gasteiger partial charge in [-0.1, -0.05) is 41.9 Å². The summed E-state index contributed by atoms with van der Waals surface area (Å²) in [4.78, 5) is 12.6. The molecule has 0 bridgehead atoms. The molecule has 1 N–H and O–H groups in total. The zero-order valence-corrected chi connectivity index (χ0v) is 18.1. The summed E-state index contributed by atoms with van der Waals surface area (Å²) in [5, 5.41) is 4.66. The summed E-state index contributed by atoms with van der Waals surface area (Å²) in [6, 6.07) is 19.8. The van der Waals surface area contributed by atoms with Gasteiger partial charge in [-0.25, -0.2) is 5.43 Å². The summed E-state index contributed by atoms with van der Waals surface area (Å²) in [5.74, 6) is 1.30. The smallest absolute Gasteiger partial charge is 0.275 e. The Hall–Kier alpha value is -3.51. The van der Waals surface area contributed by atoms with E-state index in [0.717, 1.165) is 11.1 Å². The Kier molecular flexibility index (Phi) is 7.90. The molecule has 0 atom stereocenters. The van der Waals surface area contributed by atoms with Gasteiger partial charge in [0.25, 0.3) is 5.91 Å². The molecule has 0 unspecified atom stereocenters. The fourth-order valence-corrected chi connectivity index (χ4v) is 3.01. The Morgan fingerprint density at radius 3 is 2.55 bits per heavy atom. The predicted octanol–water partition coefficient (Wildman–Crippen LogP) is 5.09. The Bertz CT molecular complexity index is 1070. The van der Waals surface area contributed by atoms with Gasteiger partial charge >= 0.3 is 0 Å². The zero-order valence-electron chi connectivity index (χ0n) is 17.3. The summed E-state index contributed by atoms with van der Waals surface area (Å²) in [6.45, 7) is 2.66. The summed E-state index contributed by atoms with van der Waals surface area (Å²) >= 11 is 6.17. The van der Waals surface area contributed by atoms with E-state index in [1.54, 1.807) is 49.6 Å². The largest absolute Gasteiger partial charge is 0.493 e. The fraction of sp³-hybridized carbons (Fsp3) is 0.167. The van der Waals surface area contributed by atoms with Crippen LogP contribution in [-0.2, 0) is 6.61 Å². The number of nitrogens with zero attached hydrogens (tertiary/aromatic N) is 1. The van der Waals surface area contributed by atoms with Gasteiger partial charge in [-0.3, -0.25) is 4.79 Å². The lowest BCUT2D eigenvalue weighted by Gasteiger charge is -2.11. The van der Waals surface area contributed by atoms with Gasteiger partial charge in [0.05, 0.1) is 25.5 Å². The number of carbonyl (C=O) groups excluding carboxylic acids is 1. The monoisotopic (exact) mass is 438 g/mol. The van der Waals surface area contributed by atoms with Crippen molar-refractivity contribution in [2.45, 2.75) is 13.5 Å². The Balaban J connectivity index is 1.67. The van der Waals surface area contributed by atoms with Gasteiger partial charge in [0.15, 0.2) is 11.5 Å². The van der Waals surface area contributed by atoms with Crippen LogP contribution in [0.3, 0.4) is 0 Å². The molecule has 3 aromatic carbocycles. The lowest BCUT2D eigenvalue weighted by molar-refractivity contribution is 0.0950. The minimum atomic E-state index is -0.385. The highest BCUT2D eigenvalue weighted by molar-refractivity contribution is 6.31.